The van der Waals surface area contributed by atoms with Gasteiger partial charge in [-0.2, -0.15) is 0 Å². The van der Waals surface area contributed by atoms with Crippen LogP contribution in [0, 0.1) is 5.92 Å². The fourth-order valence-corrected chi connectivity index (χ4v) is 2.56. The van der Waals surface area contributed by atoms with Crippen molar-refractivity contribution in [2.75, 3.05) is 0 Å². The minimum Gasteiger partial charge on any atom is -0.478 e. The molecule has 1 unspecified atom stereocenters. The van der Waals surface area contributed by atoms with Gasteiger partial charge in [0.05, 0.1) is 0 Å². The Kier molecular flexibility index (Phi) is 3.62. The lowest BCUT2D eigenvalue weighted by atomic mass is 9.90. The maximum Gasteiger partial charge on any atom is 0.331 e. The Morgan fingerprint density at radius 1 is 1.41 bits per heavy atom. The number of fused-ring (bicyclic) bond motifs is 1. The van der Waals surface area contributed by atoms with E-state index < -0.39 is 5.97 Å². The van der Waals surface area contributed by atoms with Crippen molar-refractivity contribution in [3.63, 3.8) is 0 Å². The van der Waals surface area contributed by atoms with Crippen LogP contribution in [-0.2, 0) is 11.2 Å². The van der Waals surface area contributed by atoms with Gasteiger partial charge < -0.3 is 5.11 Å². The summed E-state index contributed by atoms with van der Waals surface area (Å²) in [7, 11) is 0. The van der Waals surface area contributed by atoms with Crippen LogP contribution in [0.5, 0.6) is 0 Å². The zero-order valence-corrected chi connectivity index (χ0v) is 10.1. The van der Waals surface area contributed by atoms with E-state index in [1.165, 1.54) is 5.56 Å². The molecule has 0 saturated heterocycles. The number of carboxylic acids is 1. The number of carboxylic acid groups (broad SMARTS) is 1. The number of carbonyl (C=O) groups is 1. The molecule has 1 aromatic rings. The molecule has 0 bridgehead atoms. The Bertz CT molecular complexity index is 446. The summed E-state index contributed by atoms with van der Waals surface area (Å²) in [4.78, 5) is 11.3. The molecule has 0 aromatic heterocycles. The van der Waals surface area contributed by atoms with Gasteiger partial charge in [0.15, 0.2) is 0 Å². The molecule has 1 aliphatic rings. The van der Waals surface area contributed by atoms with Crippen LogP contribution >= 0.6 is 0 Å². The lowest BCUT2D eigenvalue weighted by Crippen LogP contribution is -2.12. The van der Waals surface area contributed by atoms with Gasteiger partial charge in [0.1, 0.15) is 0 Å². The molecular weight excluding hydrogens is 212 g/mol. The number of rotatable bonds is 3. The van der Waals surface area contributed by atoms with Crippen LogP contribution in [0.3, 0.4) is 0 Å². The van der Waals surface area contributed by atoms with E-state index in [-0.39, 0.29) is 5.92 Å². The van der Waals surface area contributed by atoms with Gasteiger partial charge in [0.2, 0.25) is 0 Å². The molecular formula is C15H18O2. The highest BCUT2D eigenvalue weighted by atomic mass is 16.4. The van der Waals surface area contributed by atoms with Gasteiger partial charge in [-0.25, -0.2) is 4.79 Å². The molecule has 1 aromatic carbocycles. The molecule has 1 N–H and O–H groups in total. The lowest BCUT2D eigenvalue weighted by molar-refractivity contribution is -0.133. The number of aliphatic carboxylic acids is 1. The van der Waals surface area contributed by atoms with Crippen LogP contribution in [0.4, 0.5) is 0 Å². The van der Waals surface area contributed by atoms with E-state index in [4.69, 9.17) is 0 Å². The number of hydrogen-bond donors (Lipinski definition) is 1. The Labute approximate surface area is 102 Å². The van der Waals surface area contributed by atoms with Crippen molar-refractivity contribution in [2.24, 2.45) is 5.92 Å². The van der Waals surface area contributed by atoms with Gasteiger partial charge in [-0.05, 0) is 42.4 Å². The number of benzene rings is 1. The highest BCUT2D eigenvalue weighted by Crippen LogP contribution is 2.30. The number of hydrogen-bond acceptors (Lipinski definition) is 1. The summed E-state index contributed by atoms with van der Waals surface area (Å²) >= 11 is 0. The number of aryl methyl sites for hydroxylation is 1. The van der Waals surface area contributed by atoms with E-state index in [0.717, 1.165) is 31.2 Å². The van der Waals surface area contributed by atoms with Crippen molar-refractivity contribution >= 4 is 12.0 Å². The minimum absolute atomic E-state index is 0.199. The molecule has 90 valence electrons. The van der Waals surface area contributed by atoms with Gasteiger partial charge in [-0.1, -0.05) is 37.6 Å². The normalized spacial score (nSPS) is 19.1. The van der Waals surface area contributed by atoms with Crippen LogP contribution < -0.4 is 0 Å². The van der Waals surface area contributed by atoms with E-state index in [0.29, 0.717) is 5.57 Å². The molecule has 0 radical (unpaired) electrons. The molecule has 0 fully saturated rings. The highest BCUT2D eigenvalue weighted by molar-refractivity contribution is 5.93. The maximum absolute atomic E-state index is 11.3. The summed E-state index contributed by atoms with van der Waals surface area (Å²) in [5, 5.41) is 9.32. The first-order valence-electron chi connectivity index (χ1n) is 6.25. The standard InChI is InChI=1S/C15H18O2/c1-2-5-12-9-8-11-6-3-4-7-13(11)10-14(12)15(16)17/h3-4,6-7,10,12H,2,5,8-9H2,1H3,(H,16,17). The predicted octanol–water partition coefficient (Wildman–Crippen LogP) is 3.52. The lowest BCUT2D eigenvalue weighted by Gasteiger charge is -2.14. The van der Waals surface area contributed by atoms with Gasteiger partial charge in [0, 0.05) is 5.57 Å². The van der Waals surface area contributed by atoms with E-state index in [1.807, 2.05) is 24.3 Å². The third-order valence-corrected chi connectivity index (χ3v) is 3.45. The molecule has 1 aliphatic carbocycles. The molecule has 1 atom stereocenters. The molecule has 0 aliphatic heterocycles. The second-order valence-electron chi connectivity index (χ2n) is 4.63. The van der Waals surface area contributed by atoms with E-state index >= 15 is 0 Å². The van der Waals surface area contributed by atoms with Crippen LogP contribution in [0.2, 0.25) is 0 Å². The molecule has 0 amide bonds. The second kappa shape index (κ2) is 5.17. The van der Waals surface area contributed by atoms with E-state index in [1.54, 1.807) is 0 Å². The van der Waals surface area contributed by atoms with Crippen molar-refractivity contribution in [3.05, 3.63) is 41.0 Å². The summed E-state index contributed by atoms with van der Waals surface area (Å²) in [6.07, 6.45) is 5.79. The Hall–Kier alpha value is -1.57. The molecule has 2 heteroatoms. The fraction of sp³-hybridized carbons (Fsp3) is 0.400. The van der Waals surface area contributed by atoms with E-state index in [9.17, 15) is 9.90 Å². The summed E-state index contributed by atoms with van der Waals surface area (Å²) in [6.45, 7) is 2.11. The second-order valence-corrected chi connectivity index (χ2v) is 4.63. The topological polar surface area (TPSA) is 37.3 Å². The van der Waals surface area contributed by atoms with Gasteiger partial charge in [0.25, 0.3) is 0 Å². The van der Waals surface area contributed by atoms with Crippen molar-refractivity contribution in [3.8, 4) is 0 Å². The van der Waals surface area contributed by atoms with Crippen molar-refractivity contribution < 1.29 is 9.90 Å². The summed E-state index contributed by atoms with van der Waals surface area (Å²) in [5.41, 5.74) is 2.92. The third-order valence-electron chi connectivity index (χ3n) is 3.45. The van der Waals surface area contributed by atoms with Crippen LogP contribution in [-0.4, -0.2) is 11.1 Å². The highest BCUT2D eigenvalue weighted by Gasteiger charge is 2.22. The quantitative estimate of drug-likeness (QED) is 0.862. The SMILES string of the molecule is CCCC1CCc2ccccc2C=C1C(=O)O. The predicted molar refractivity (Wildman–Crippen MR) is 68.8 cm³/mol. The maximum atomic E-state index is 11.3. The Balaban J connectivity index is 2.39. The fourth-order valence-electron chi connectivity index (χ4n) is 2.56. The first kappa shape index (κ1) is 11.9. The van der Waals surface area contributed by atoms with Crippen LogP contribution in [0.25, 0.3) is 6.08 Å². The van der Waals surface area contributed by atoms with Crippen molar-refractivity contribution in [1.29, 1.82) is 0 Å². The van der Waals surface area contributed by atoms with Crippen molar-refractivity contribution in [2.45, 2.75) is 32.6 Å². The third kappa shape index (κ3) is 2.57. The smallest absolute Gasteiger partial charge is 0.331 e. The molecule has 17 heavy (non-hydrogen) atoms. The minimum atomic E-state index is -0.764. The molecule has 0 spiro atoms. The monoisotopic (exact) mass is 230 g/mol. The Morgan fingerprint density at radius 2 is 2.18 bits per heavy atom. The van der Waals surface area contributed by atoms with Gasteiger partial charge in [-0.15, -0.1) is 0 Å². The zero-order chi connectivity index (χ0) is 12.3. The van der Waals surface area contributed by atoms with Gasteiger partial charge in [-0.3, -0.25) is 0 Å². The molecule has 2 nitrogen and oxygen atoms in total. The average molecular weight is 230 g/mol. The zero-order valence-electron chi connectivity index (χ0n) is 10.1. The molecule has 0 heterocycles. The van der Waals surface area contributed by atoms with Crippen LogP contribution in [0.1, 0.15) is 37.3 Å². The largest absolute Gasteiger partial charge is 0.478 e. The van der Waals surface area contributed by atoms with Crippen LogP contribution in [0.15, 0.2) is 29.8 Å². The van der Waals surface area contributed by atoms with E-state index in [2.05, 4.69) is 13.0 Å². The van der Waals surface area contributed by atoms with Crippen molar-refractivity contribution in [1.82, 2.24) is 0 Å². The first-order valence-corrected chi connectivity index (χ1v) is 6.25. The summed E-state index contributed by atoms with van der Waals surface area (Å²) in [5.74, 6) is -0.565. The first-order chi connectivity index (χ1) is 8.22. The summed E-state index contributed by atoms with van der Waals surface area (Å²) in [6, 6.07) is 8.09. The summed E-state index contributed by atoms with van der Waals surface area (Å²) < 4.78 is 0. The van der Waals surface area contributed by atoms with Gasteiger partial charge >= 0.3 is 5.97 Å². The molecule has 2 rings (SSSR count). The molecule has 0 saturated carbocycles. The Morgan fingerprint density at radius 3 is 2.88 bits per heavy atom. The average Bonchev–Trinajstić information content (AvgIpc) is 2.50.